The molecule has 0 fully saturated rings. The monoisotopic (exact) mass is 373 g/mol. The van der Waals surface area contributed by atoms with E-state index in [1.165, 1.54) is 31.4 Å². The van der Waals surface area contributed by atoms with Gasteiger partial charge in [0.1, 0.15) is 10.4 Å². The number of ether oxygens (including phenoxy) is 1. The molecule has 120 valence electrons. The van der Waals surface area contributed by atoms with Gasteiger partial charge in [0.15, 0.2) is 5.58 Å². The fourth-order valence-corrected chi connectivity index (χ4v) is 2.89. The molecule has 0 aliphatic carbocycles. The number of hydrogen-bond donors (Lipinski definition) is 1. The zero-order valence-corrected chi connectivity index (χ0v) is 16.8. The number of fused-ring (bicyclic) bond motifs is 1. The van der Waals surface area contributed by atoms with Crippen molar-refractivity contribution in [2.75, 3.05) is 7.11 Å². The van der Waals surface area contributed by atoms with E-state index in [0.717, 1.165) is 0 Å². The Labute approximate surface area is 181 Å². The molecule has 0 unspecified atom stereocenters. The molecular formula is C15H12KNO6S. The molecule has 0 atom stereocenters. The Kier molecular flexibility index (Phi) is 5.97. The van der Waals surface area contributed by atoms with Crippen LogP contribution in [-0.4, -0.2) is 31.0 Å². The van der Waals surface area contributed by atoms with E-state index in [1.807, 2.05) is 0 Å². The number of benzene rings is 2. The Bertz CT molecular complexity index is 1020. The molecule has 0 saturated heterocycles. The van der Waals surface area contributed by atoms with Gasteiger partial charge in [0.2, 0.25) is 5.89 Å². The summed E-state index contributed by atoms with van der Waals surface area (Å²) in [7, 11) is -3.20. The van der Waals surface area contributed by atoms with Gasteiger partial charge in [-0.15, -0.1) is 0 Å². The number of oxazole rings is 1. The second kappa shape index (κ2) is 7.44. The number of rotatable bonds is 3. The van der Waals surface area contributed by atoms with Gasteiger partial charge in [0.05, 0.1) is 18.2 Å². The molecule has 0 radical (unpaired) electrons. The Hall–Kier alpha value is -1.07. The van der Waals surface area contributed by atoms with Gasteiger partial charge in [-0.1, -0.05) is 18.2 Å². The van der Waals surface area contributed by atoms with Crippen LogP contribution in [0.5, 0.6) is 0 Å². The van der Waals surface area contributed by atoms with Crippen molar-refractivity contribution in [1.82, 2.24) is 4.98 Å². The third-order valence-electron chi connectivity index (χ3n) is 3.22. The number of aromatic nitrogens is 1. The van der Waals surface area contributed by atoms with Crippen LogP contribution in [0.1, 0.15) is 11.8 Å². The molecule has 7 nitrogen and oxygen atoms in total. The minimum Gasteiger partial charge on any atom is -1.00 e. The van der Waals surface area contributed by atoms with E-state index in [4.69, 9.17) is 4.42 Å². The number of esters is 1. The maximum atomic E-state index is 11.8. The molecule has 1 heterocycles. The van der Waals surface area contributed by atoms with Crippen LogP contribution in [0.15, 0.2) is 51.8 Å². The summed E-state index contributed by atoms with van der Waals surface area (Å²) < 4.78 is 42.5. The van der Waals surface area contributed by atoms with Crippen molar-refractivity contribution in [3.63, 3.8) is 0 Å². The Balaban J connectivity index is 0.00000156. The maximum Gasteiger partial charge on any atom is 1.00 e. The number of para-hydroxylation sites is 1. The number of carbonyl (C=O) groups excluding carboxylic acids is 1. The Morgan fingerprint density at radius 1 is 1.21 bits per heavy atom. The van der Waals surface area contributed by atoms with Crippen molar-refractivity contribution in [1.29, 1.82) is 0 Å². The van der Waals surface area contributed by atoms with E-state index in [2.05, 4.69) is 9.72 Å². The van der Waals surface area contributed by atoms with Crippen molar-refractivity contribution >= 4 is 27.2 Å². The normalized spacial score (nSPS) is 11.1. The molecule has 0 bridgehead atoms. The Morgan fingerprint density at radius 2 is 1.92 bits per heavy atom. The minimum absolute atomic E-state index is 0. The van der Waals surface area contributed by atoms with Crippen LogP contribution in [-0.2, 0) is 14.9 Å². The molecule has 9 heteroatoms. The summed E-state index contributed by atoms with van der Waals surface area (Å²) in [5, 5.41) is 0. The van der Waals surface area contributed by atoms with Gasteiger partial charge in [-0.25, -0.2) is 9.78 Å². The predicted octanol–water partition coefficient (Wildman–Crippen LogP) is -0.355. The zero-order chi connectivity index (χ0) is 16.6. The van der Waals surface area contributed by atoms with Crippen LogP contribution in [0.4, 0.5) is 0 Å². The molecule has 0 amide bonds. The van der Waals surface area contributed by atoms with E-state index in [9.17, 15) is 17.8 Å². The van der Waals surface area contributed by atoms with E-state index < -0.39 is 16.1 Å². The van der Waals surface area contributed by atoms with Gasteiger partial charge in [-0.2, -0.15) is 8.42 Å². The van der Waals surface area contributed by atoms with E-state index in [1.54, 1.807) is 18.2 Å². The standard InChI is InChI=1S/C15H11NO6S.K.H/c1-21-15(17)10-6-4-7-11-13(10)16-14(22-11)9-5-2-3-8-12(9)23(18,19)20;;/h2-8H,1H3,(H,18,19,20);;/q;+1;-1. The predicted molar refractivity (Wildman–Crippen MR) is 81.7 cm³/mol. The molecule has 0 aliphatic rings. The summed E-state index contributed by atoms with van der Waals surface area (Å²) in [5.41, 5.74) is 0.846. The first-order valence-corrected chi connectivity index (χ1v) is 7.90. The van der Waals surface area contributed by atoms with Crippen LogP contribution in [0, 0.1) is 0 Å². The zero-order valence-electron chi connectivity index (χ0n) is 13.9. The molecular weight excluding hydrogens is 361 g/mol. The smallest absolute Gasteiger partial charge is 1.00 e. The van der Waals surface area contributed by atoms with E-state index in [-0.39, 0.29) is 80.2 Å². The molecule has 0 saturated carbocycles. The van der Waals surface area contributed by atoms with Crippen LogP contribution < -0.4 is 51.4 Å². The second-order valence-corrected chi connectivity index (χ2v) is 6.02. The quantitative estimate of drug-likeness (QED) is 0.380. The van der Waals surface area contributed by atoms with Crippen LogP contribution >= 0.6 is 0 Å². The minimum atomic E-state index is -4.44. The average molecular weight is 373 g/mol. The summed E-state index contributed by atoms with van der Waals surface area (Å²) in [6.45, 7) is 0. The number of carbonyl (C=O) groups is 1. The molecule has 0 spiro atoms. The van der Waals surface area contributed by atoms with Gasteiger partial charge in [0, 0.05) is 0 Å². The van der Waals surface area contributed by atoms with Gasteiger partial charge in [-0.3, -0.25) is 4.55 Å². The topological polar surface area (TPSA) is 107 Å². The van der Waals surface area contributed by atoms with Crippen molar-refractivity contribution in [3.05, 3.63) is 48.0 Å². The molecule has 24 heavy (non-hydrogen) atoms. The van der Waals surface area contributed by atoms with Crippen LogP contribution in [0.25, 0.3) is 22.6 Å². The third kappa shape index (κ3) is 3.62. The van der Waals surface area contributed by atoms with Crippen molar-refractivity contribution in [2.24, 2.45) is 0 Å². The first kappa shape index (κ1) is 19.3. The molecule has 1 N–H and O–H groups in total. The SMILES string of the molecule is COC(=O)c1cccc2oc(-c3ccccc3S(=O)(=O)O)nc12.[H-].[K+]. The van der Waals surface area contributed by atoms with Crippen molar-refractivity contribution in [3.8, 4) is 11.5 Å². The summed E-state index contributed by atoms with van der Waals surface area (Å²) >= 11 is 0. The van der Waals surface area contributed by atoms with Crippen LogP contribution in [0.2, 0.25) is 0 Å². The molecule has 3 rings (SSSR count). The molecule has 0 aliphatic heterocycles. The summed E-state index contributed by atoms with van der Waals surface area (Å²) in [5.74, 6) is -0.608. The Morgan fingerprint density at radius 3 is 2.58 bits per heavy atom. The number of hydrogen-bond acceptors (Lipinski definition) is 6. The van der Waals surface area contributed by atoms with Crippen LogP contribution in [0.3, 0.4) is 0 Å². The van der Waals surface area contributed by atoms with E-state index in [0.29, 0.717) is 5.58 Å². The summed E-state index contributed by atoms with van der Waals surface area (Å²) in [4.78, 5) is 15.6. The number of nitrogens with zero attached hydrogens (tertiary/aromatic N) is 1. The average Bonchev–Trinajstić information content (AvgIpc) is 2.97. The maximum absolute atomic E-state index is 11.8. The number of methoxy groups -OCH3 is 1. The fraction of sp³-hybridized carbons (Fsp3) is 0.0667. The molecule has 2 aromatic carbocycles. The summed E-state index contributed by atoms with van der Waals surface area (Å²) in [6, 6.07) is 10.4. The second-order valence-electron chi connectivity index (χ2n) is 4.63. The molecule has 1 aromatic heterocycles. The van der Waals surface area contributed by atoms with Crippen molar-refractivity contribution in [2.45, 2.75) is 4.90 Å². The van der Waals surface area contributed by atoms with E-state index >= 15 is 0 Å². The fourth-order valence-electron chi connectivity index (χ4n) is 2.21. The summed E-state index contributed by atoms with van der Waals surface area (Å²) in [6.07, 6.45) is 0. The van der Waals surface area contributed by atoms with Gasteiger partial charge >= 0.3 is 57.4 Å². The largest absolute Gasteiger partial charge is 1.00 e. The van der Waals surface area contributed by atoms with Gasteiger partial charge in [0.25, 0.3) is 10.1 Å². The van der Waals surface area contributed by atoms with Gasteiger partial charge < -0.3 is 10.6 Å². The molecule has 3 aromatic rings. The first-order chi connectivity index (χ1) is 10.9. The third-order valence-corrected chi connectivity index (χ3v) is 4.13. The van der Waals surface area contributed by atoms with Gasteiger partial charge in [-0.05, 0) is 24.3 Å². The van der Waals surface area contributed by atoms with Crippen molar-refractivity contribution < 1.29 is 79.7 Å². The first-order valence-electron chi connectivity index (χ1n) is 6.46.